The van der Waals surface area contributed by atoms with Gasteiger partial charge in [-0.15, -0.1) is 0 Å². The van der Waals surface area contributed by atoms with E-state index in [0.29, 0.717) is 44.1 Å². The Morgan fingerprint density at radius 1 is 1.29 bits per heavy atom. The zero-order chi connectivity index (χ0) is 15.2. The van der Waals surface area contributed by atoms with Crippen LogP contribution in [-0.2, 0) is 9.53 Å². The molecular weight excluding hydrogens is 338 g/mol. The molecule has 0 radical (unpaired) electrons. The summed E-state index contributed by atoms with van der Waals surface area (Å²) in [5.74, 6) is -0.204. The van der Waals surface area contributed by atoms with Gasteiger partial charge in [0.25, 0.3) is 5.91 Å². The number of nitrogen functional groups attached to an aromatic ring is 1. The second kappa shape index (κ2) is 7.42. The molecule has 0 atom stereocenters. The van der Waals surface area contributed by atoms with Crippen molar-refractivity contribution in [2.45, 2.75) is 6.42 Å². The highest BCUT2D eigenvalue weighted by Crippen LogP contribution is 2.17. The number of ether oxygens (including phenoxy) is 1. The minimum atomic E-state index is -0.238. The molecule has 3 N–H and O–H groups in total. The summed E-state index contributed by atoms with van der Waals surface area (Å²) < 4.78 is 5.94. The average molecular weight is 356 g/mol. The van der Waals surface area contributed by atoms with Gasteiger partial charge in [0.15, 0.2) is 0 Å². The topological polar surface area (TPSA) is 84.7 Å². The van der Waals surface area contributed by atoms with Crippen LogP contribution < -0.4 is 11.1 Å². The Bertz CT molecular complexity index is 510. The molecule has 2 amide bonds. The largest absolute Gasteiger partial charge is 0.399 e. The summed E-state index contributed by atoms with van der Waals surface area (Å²) in [6.07, 6.45) is 0.287. The SMILES string of the molecule is Nc1cc(Br)cc(C(=O)NCCC(=O)N2CCOCC2)c1. The van der Waals surface area contributed by atoms with Crippen molar-refractivity contribution in [2.75, 3.05) is 38.6 Å². The second-order valence-corrected chi connectivity index (χ2v) is 5.69. The van der Waals surface area contributed by atoms with Gasteiger partial charge in [-0.1, -0.05) is 15.9 Å². The summed E-state index contributed by atoms with van der Waals surface area (Å²) in [6.45, 7) is 2.70. The fourth-order valence-electron chi connectivity index (χ4n) is 2.10. The lowest BCUT2D eigenvalue weighted by atomic mass is 10.2. The zero-order valence-corrected chi connectivity index (χ0v) is 13.2. The number of rotatable bonds is 4. The number of anilines is 1. The molecule has 2 rings (SSSR count). The highest BCUT2D eigenvalue weighted by atomic mass is 79.9. The Balaban J connectivity index is 1.79. The van der Waals surface area contributed by atoms with Crippen molar-refractivity contribution in [3.8, 4) is 0 Å². The van der Waals surface area contributed by atoms with E-state index in [-0.39, 0.29) is 18.2 Å². The number of amides is 2. The summed E-state index contributed by atoms with van der Waals surface area (Å²) in [4.78, 5) is 25.6. The number of nitrogens with two attached hydrogens (primary N) is 1. The molecule has 6 nitrogen and oxygen atoms in total. The van der Waals surface area contributed by atoms with Gasteiger partial charge in [0, 0.05) is 41.8 Å². The molecule has 114 valence electrons. The summed E-state index contributed by atoms with van der Waals surface area (Å²) in [5.41, 5.74) is 6.67. The Kier molecular flexibility index (Phi) is 5.58. The van der Waals surface area contributed by atoms with Crippen LogP contribution in [0.2, 0.25) is 0 Å². The minimum absolute atomic E-state index is 0.0346. The number of nitrogens with one attached hydrogen (secondary N) is 1. The average Bonchev–Trinajstić information content (AvgIpc) is 2.47. The highest BCUT2D eigenvalue weighted by molar-refractivity contribution is 9.10. The van der Waals surface area contributed by atoms with Crippen LogP contribution in [0.3, 0.4) is 0 Å². The Hall–Kier alpha value is -1.60. The molecule has 0 aliphatic carbocycles. The van der Waals surface area contributed by atoms with Gasteiger partial charge in [-0.05, 0) is 18.2 Å². The molecule has 21 heavy (non-hydrogen) atoms. The number of hydrogen-bond acceptors (Lipinski definition) is 4. The number of halogens is 1. The predicted octanol–water partition coefficient (Wildman–Crippen LogP) is 1.01. The van der Waals surface area contributed by atoms with Gasteiger partial charge in [-0.3, -0.25) is 9.59 Å². The number of nitrogens with zero attached hydrogens (tertiary/aromatic N) is 1. The number of carbonyl (C=O) groups is 2. The second-order valence-electron chi connectivity index (χ2n) is 4.77. The van der Waals surface area contributed by atoms with Crippen LogP contribution >= 0.6 is 15.9 Å². The third-order valence-electron chi connectivity index (χ3n) is 3.17. The molecule has 0 spiro atoms. The van der Waals surface area contributed by atoms with Crippen LogP contribution in [0.25, 0.3) is 0 Å². The maximum atomic E-state index is 12.0. The molecule has 1 aromatic rings. The van der Waals surface area contributed by atoms with Crippen LogP contribution in [-0.4, -0.2) is 49.6 Å². The first-order valence-electron chi connectivity index (χ1n) is 6.76. The van der Waals surface area contributed by atoms with Crippen molar-refractivity contribution in [3.63, 3.8) is 0 Å². The fraction of sp³-hybridized carbons (Fsp3) is 0.429. The van der Waals surface area contributed by atoms with Crippen LogP contribution in [0.5, 0.6) is 0 Å². The normalized spacial score (nSPS) is 14.8. The van der Waals surface area contributed by atoms with Crippen molar-refractivity contribution in [1.29, 1.82) is 0 Å². The lowest BCUT2D eigenvalue weighted by molar-refractivity contribution is -0.135. The van der Waals surface area contributed by atoms with Crippen molar-refractivity contribution in [2.24, 2.45) is 0 Å². The summed E-state index contributed by atoms with van der Waals surface area (Å²) >= 11 is 3.29. The fourth-order valence-corrected chi connectivity index (χ4v) is 2.61. The standard InChI is InChI=1S/C14H18BrN3O3/c15-11-7-10(8-12(16)9-11)14(20)17-2-1-13(19)18-3-5-21-6-4-18/h7-9H,1-6,16H2,(H,17,20). The molecule has 1 aliphatic heterocycles. The van der Waals surface area contributed by atoms with Crippen LogP contribution in [0.4, 0.5) is 5.69 Å². The van der Waals surface area contributed by atoms with Gasteiger partial charge >= 0.3 is 0 Å². The van der Waals surface area contributed by atoms with Crippen LogP contribution in [0, 0.1) is 0 Å². The molecule has 7 heteroatoms. The lowest BCUT2D eigenvalue weighted by Gasteiger charge is -2.26. The molecule has 1 aliphatic rings. The van der Waals surface area contributed by atoms with E-state index < -0.39 is 0 Å². The Morgan fingerprint density at radius 3 is 2.67 bits per heavy atom. The Morgan fingerprint density at radius 2 is 2.00 bits per heavy atom. The Labute approximate surface area is 131 Å². The number of carbonyl (C=O) groups excluding carboxylic acids is 2. The third-order valence-corrected chi connectivity index (χ3v) is 3.63. The smallest absolute Gasteiger partial charge is 0.251 e. The van der Waals surface area contributed by atoms with E-state index >= 15 is 0 Å². The van der Waals surface area contributed by atoms with E-state index in [1.54, 1.807) is 23.1 Å². The first-order valence-corrected chi connectivity index (χ1v) is 7.55. The van der Waals surface area contributed by atoms with Crippen molar-refractivity contribution >= 4 is 33.4 Å². The van der Waals surface area contributed by atoms with E-state index in [9.17, 15) is 9.59 Å². The molecule has 1 fully saturated rings. The summed E-state index contributed by atoms with van der Waals surface area (Å²) in [7, 11) is 0. The quantitative estimate of drug-likeness (QED) is 0.789. The van der Waals surface area contributed by atoms with Crippen molar-refractivity contribution in [3.05, 3.63) is 28.2 Å². The van der Waals surface area contributed by atoms with Gasteiger partial charge in [-0.25, -0.2) is 0 Å². The van der Waals surface area contributed by atoms with Gasteiger partial charge in [0.05, 0.1) is 13.2 Å². The minimum Gasteiger partial charge on any atom is -0.399 e. The van der Waals surface area contributed by atoms with Gasteiger partial charge in [0.1, 0.15) is 0 Å². The van der Waals surface area contributed by atoms with E-state index in [2.05, 4.69) is 21.2 Å². The number of hydrogen-bond donors (Lipinski definition) is 2. The summed E-state index contributed by atoms with van der Waals surface area (Å²) in [6, 6.07) is 5.01. The van der Waals surface area contributed by atoms with Gasteiger partial charge < -0.3 is 20.7 Å². The number of morpholine rings is 1. The maximum absolute atomic E-state index is 12.0. The molecule has 0 saturated carbocycles. The van der Waals surface area contributed by atoms with E-state index in [1.807, 2.05) is 0 Å². The molecule has 0 unspecified atom stereocenters. The molecule has 0 aromatic heterocycles. The van der Waals surface area contributed by atoms with Crippen LogP contribution in [0.1, 0.15) is 16.8 Å². The van der Waals surface area contributed by atoms with Gasteiger partial charge in [-0.2, -0.15) is 0 Å². The molecule has 1 aromatic carbocycles. The maximum Gasteiger partial charge on any atom is 0.251 e. The van der Waals surface area contributed by atoms with Crippen molar-refractivity contribution in [1.82, 2.24) is 10.2 Å². The lowest BCUT2D eigenvalue weighted by Crippen LogP contribution is -2.42. The van der Waals surface area contributed by atoms with Crippen LogP contribution in [0.15, 0.2) is 22.7 Å². The summed E-state index contributed by atoms with van der Waals surface area (Å²) in [5, 5.41) is 2.73. The highest BCUT2D eigenvalue weighted by Gasteiger charge is 2.16. The van der Waals surface area contributed by atoms with Crippen molar-refractivity contribution < 1.29 is 14.3 Å². The molecule has 1 heterocycles. The van der Waals surface area contributed by atoms with E-state index in [4.69, 9.17) is 10.5 Å². The van der Waals surface area contributed by atoms with E-state index in [1.165, 1.54) is 0 Å². The molecule has 0 bridgehead atoms. The predicted molar refractivity (Wildman–Crippen MR) is 82.9 cm³/mol. The third kappa shape index (κ3) is 4.71. The molecular formula is C14H18BrN3O3. The first-order chi connectivity index (χ1) is 10.1. The molecule has 1 saturated heterocycles. The zero-order valence-electron chi connectivity index (χ0n) is 11.6. The number of benzene rings is 1. The monoisotopic (exact) mass is 355 g/mol. The van der Waals surface area contributed by atoms with E-state index in [0.717, 1.165) is 4.47 Å². The first kappa shape index (κ1) is 15.8. The van der Waals surface area contributed by atoms with Gasteiger partial charge in [0.2, 0.25) is 5.91 Å².